The number of ether oxygens (including phenoxy) is 2. The molecule has 1 heterocycles. The molecule has 1 N–H and O–H groups in total. The molecular weight excluding hydrogens is 377 g/mol. The molecule has 0 aliphatic carbocycles. The Bertz CT molecular complexity index is 821. The molecule has 0 saturated carbocycles. The summed E-state index contributed by atoms with van der Waals surface area (Å²) in [6.07, 6.45) is -4.67. The normalized spacial score (nSPS) is 13.4. The highest BCUT2D eigenvalue weighted by atomic mass is 19.4. The summed E-state index contributed by atoms with van der Waals surface area (Å²) in [6.45, 7) is 3.27. The van der Waals surface area contributed by atoms with Crippen molar-refractivity contribution < 1.29 is 32.2 Å². The largest absolute Gasteiger partial charge is 0.482 e. The smallest absolute Gasteiger partial charge is 0.471 e. The Morgan fingerprint density at radius 3 is 2.25 bits per heavy atom. The summed E-state index contributed by atoms with van der Waals surface area (Å²) in [5.41, 5.74) is 1.58. The van der Waals surface area contributed by atoms with Crippen molar-refractivity contribution in [2.45, 2.75) is 32.2 Å². The Morgan fingerprint density at radius 2 is 1.75 bits per heavy atom. The van der Waals surface area contributed by atoms with Crippen LogP contribution in [0.5, 0.6) is 5.75 Å². The second-order valence-electron chi connectivity index (χ2n) is 6.08. The van der Waals surface area contributed by atoms with Crippen LogP contribution in [0.15, 0.2) is 42.6 Å². The summed E-state index contributed by atoms with van der Waals surface area (Å²) in [5, 5.41) is 1.91. The van der Waals surface area contributed by atoms with E-state index in [1.807, 2.05) is 12.2 Å². The van der Waals surface area contributed by atoms with E-state index in [4.69, 9.17) is 4.74 Å². The minimum Gasteiger partial charge on any atom is -0.482 e. The first kappa shape index (κ1) is 21.2. The first-order valence-corrected chi connectivity index (χ1v) is 8.27. The first-order valence-electron chi connectivity index (χ1n) is 8.27. The maximum atomic E-state index is 12.6. The maximum Gasteiger partial charge on any atom is 0.471 e. The number of methoxy groups -OCH3 is 1. The van der Waals surface area contributed by atoms with Gasteiger partial charge in [-0.2, -0.15) is 13.2 Å². The molecule has 1 unspecified atom stereocenters. The number of carbonyl (C=O) groups is 2. The van der Waals surface area contributed by atoms with E-state index in [1.54, 1.807) is 24.3 Å². The molecule has 28 heavy (non-hydrogen) atoms. The van der Waals surface area contributed by atoms with Crippen LogP contribution < -0.4 is 10.1 Å². The quantitative estimate of drug-likeness (QED) is 0.758. The SMILES string of the molecule is COC(=O)c1ccc(O[C@H](c2ccc(C)cc2)C(C)NC(=O)C(F)(F)F)cn1. The number of benzene rings is 1. The molecule has 1 amide bonds. The average molecular weight is 396 g/mol. The summed E-state index contributed by atoms with van der Waals surface area (Å²) in [4.78, 5) is 26.7. The van der Waals surface area contributed by atoms with Gasteiger partial charge in [0, 0.05) is 0 Å². The van der Waals surface area contributed by atoms with E-state index in [0.717, 1.165) is 5.56 Å². The number of alkyl halides is 3. The van der Waals surface area contributed by atoms with Gasteiger partial charge < -0.3 is 14.8 Å². The average Bonchev–Trinajstić information content (AvgIpc) is 2.66. The van der Waals surface area contributed by atoms with Crippen molar-refractivity contribution in [1.82, 2.24) is 10.3 Å². The molecule has 0 radical (unpaired) electrons. The molecule has 0 bridgehead atoms. The van der Waals surface area contributed by atoms with Crippen molar-refractivity contribution in [3.63, 3.8) is 0 Å². The molecule has 0 spiro atoms. The van der Waals surface area contributed by atoms with E-state index in [1.165, 1.54) is 32.4 Å². The van der Waals surface area contributed by atoms with Crippen molar-refractivity contribution in [2.75, 3.05) is 7.11 Å². The molecule has 9 heteroatoms. The Balaban J connectivity index is 2.26. The number of hydrogen-bond acceptors (Lipinski definition) is 5. The zero-order chi connectivity index (χ0) is 20.9. The van der Waals surface area contributed by atoms with Gasteiger partial charge in [-0.15, -0.1) is 0 Å². The van der Waals surface area contributed by atoms with Crippen LogP contribution in [0.1, 0.15) is 34.6 Å². The van der Waals surface area contributed by atoms with Gasteiger partial charge in [0.05, 0.1) is 19.3 Å². The number of esters is 1. The highest BCUT2D eigenvalue weighted by Gasteiger charge is 2.40. The van der Waals surface area contributed by atoms with Crippen LogP contribution in [0.4, 0.5) is 13.2 Å². The molecule has 1 aromatic heterocycles. The van der Waals surface area contributed by atoms with E-state index in [9.17, 15) is 22.8 Å². The lowest BCUT2D eigenvalue weighted by Gasteiger charge is -2.27. The number of amides is 1. The third kappa shape index (κ3) is 5.45. The van der Waals surface area contributed by atoms with Crippen molar-refractivity contribution in [2.24, 2.45) is 0 Å². The van der Waals surface area contributed by atoms with Gasteiger partial charge in [0.1, 0.15) is 17.5 Å². The summed E-state index contributed by atoms with van der Waals surface area (Å²) in [5.74, 6) is -2.47. The first-order chi connectivity index (χ1) is 13.1. The van der Waals surface area contributed by atoms with Crippen molar-refractivity contribution in [3.8, 4) is 5.75 Å². The number of halogens is 3. The van der Waals surface area contributed by atoms with Crippen LogP contribution in [0, 0.1) is 6.92 Å². The fraction of sp³-hybridized carbons (Fsp3) is 0.316. The van der Waals surface area contributed by atoms with Crippen molar-refractivity contribution in [1.29, 1.82) is 0 Å². The minimum absolute atomic E-state index is 0.0557. The van der Waals surface area contributed by atoms with E-state index < -0.39 is 30.2 Å². The topological polar surface area (TPSA) is 77.5 Å². The molecule has 1 aromatic carbocycles. The maximum absolute atomic E-state index is 12.6. The van der Waals surface area contributed by atoms with Crippen LogP contribution >= 0.6 is 0 Å². The number of carbonyl (C=O) groups excluding carboxylic acids is 2. The summed E-state index contributed by atoms with van der Waals surface area (Å²) < 4.78 is 48.1. The van der Waals surface area contributed by atoms with Gasteiger partial charge >= 0.3 is 18.1 Å². The molecule has 2 rings (SSSR count). The third-order valence-electron chi connectivity index (χ3n) is 3.87. The fourth-order valence-electron chi connectivity index (χ4n) is 2.40. The summed E-state index contributed by atoms with van der Waals surface area (Å²) >= 11 is 0. The Hall–Kier alpha value is -3.10. The fourth-order valence-corrected chi connectivity index (χ4v) is 2.40. The van der Waals surface area contributed by atoms with Gasteiger partial charge in [0.25, 0.3) is 0 Å². The number of nitrogens with one attached hydrogen (secondary N) is 1. The Labute approximate surface area is 159 Å². The van der Waals surface area contributed by atoms with E-state index in [2.05, 4.69) is 9.72 Å². The molecule has 0 aliphatic heterocycles. The standard InChI is InChI=1S/C19H19F3N2O4/c1-11-4-6-13(7-5-11)16(12(2)24-18(26)19(20,21)22)28-14-8-9-15(23-10-14)17(25)27-3/h4-10,12,16H,1-3H3,(H,24,26)/t12?,16-/m0/s1. The summed E-state index contributed by atoms with van der Waals surface area (Å²) in [6, 6.07) is 8.77. The van der Waals surface area contributed by atoms with Crippen LogP contribution in [0.25, 0.3) is 0 Å². The monoisotopic (exact) mass is 396 g/mol. The zero-order valence-corrected chi connectivity index (χ0v) is 15.4. The lowest BCUT2D eigenvalue weighted by Crippen LogP contribution is -2.45. The molecule has 0 saturated heterocycles. The van der Waals surface area contributed by atoms with E-state index >= 15 is 0 Å². The number of hydrogen-bond donors (Lipinski definition) is 1. The van der Waals surface area contributed by atoms with Crippen LogP contribution in [0.3, 0.4) is 0 Å². The number of rotatable bonds is 6. The van der Waals surface area contributed by atoms with Gasteiger partial charge in [0.15, 0.2) is 0 Å². The zero-order valence-electron chi connectivity index (χ0n) is 15.4. The van der Waals surface area contributed by atoms with E-state index in [0.29, 0.717) is 5.56 Å². The second kappa shape index (κ2) is 8.73. The molecule has 2 atom stereocenters. The van der Waals surface area contributed by atoms with Crippen molar-refractivity contribution >= 4 is 11.9 Å². The number of aromatic nitrogens is 1. The molecule has 150 valence electrons. The van der Waals surface area contributed by atoms with Gasteiger partial charge in [-0.3, -0.25) is 4.79 Å². The molecule has 2 aromatic rings. The van der Waals surface area contributed by atoms with Crippen LogP contribution in [-0.4, -0.2) is 36.2 Å². The highest BCUT2D eigenvalue weighted by molar-refractivity contribution is 5.87. The molecule has 0 aliphatic rings. The third-order valence-corrected chi connectivity index (χ3v) is 3.87. The van der Waals surface area contributed by atoms with Crippen molar-refractivity contribution in [3.05, 3.63) is 59.4 Å². The Kier molecular flexibility index (Phi) is 6.61. The highest BCUT2D eigenvalue weighted by Crippen LogP contribution is 2.26. The Morgan fingerprint density at radius 1 is 1.11 bits per heavy atom. The number of aryl methyl sites for hydroxylation is 1. The van der Waals surface area contributed by atoms with Gasteiger partial charge in [-0.05, 0) is 31.5 Å². The summed E-state index contributed by atoms with van der Waals surface area (Å²) in [7, 11) is 1.22. The lowest BCUT2D eigenvalue weighted by atomic mass is 10.0. The van der Waals surface area contributed by atoms with Gasteiger partial charge in [0.2, 0.25) is 0 Å². The minimum atomic E-state index is -5.00. The molecule has 6 nitrogen and oxygen atoms in total. The predicted molar refractivity (Wildman–Crippen MR) is 93.8 cm³/mol. The van der Waals surface area contributed by atoms with Crippen LogP contribution in [-0.2, 0) is 9.53 Å². The predicted octanol–water partition coefficient (Wildman–Crippen LogP) is 3.36. The van der Waals surface area contributed by atoms with E-state index in [-0.39, 0.29) is 11.4 Å². The lowest BCUT2D eigenvalue weighted by molar-refractivity contribution is -0.174. The molecular formula is C19H19F3N2O4. The second-order valence-corrected chi connectivity index (χ2v) is 6.08. The number of nitrogens with zero attached hydrogens (tertiary/aromatic N) is 1. The van der Waals surface area contributed by atoms with Gasteiger partial charge in [-0.1, -0.05) is 29.8 Å². The van der Waals surface area contributed by atoms with Crippen LogP contribution in [0.2, 0.25) is 0 Å². The van der Waals surface area contributed by atoms with Gasteiger partial charge in [-0.25, -0.2) is 9.78 Å². The number of pyridine rings is 1. The molecule has 0 fully saturated rings.